The molecule has 1 aromatic heterocycles. The number of aliphatic hydroxyl groups excluding tert-OH is 1. The quantitative estimate of drug-likeness (QED) is 0.535. The first-order valence-electron chi connectivity index (χ1n) is 7.18. The van der Waals surface area contributed by atoms with E-state index in [4.69, 9.17) is 5.11 Å². The van der Waals surface area contributed by atoms with Gasteiger partial charge in [0, 0.05) is 11.9 Å². The molecule has 0 aliphatic rings. The predicted molar refractivity (Wildman–Crippen MR) is 81.0 cm³/mol. The first-order chi connectivity index (χ1) is 9.29. The van der Waals surface area contributed by atoms with Gasteiger partial charge in [-0.15, -0.1) is 0 Å². The zero-order valence-corrected chi connectivity index (χ0v) is 11.8. The highest BCUT2D eigenvalue weighted by Crippen LogP contribution is 2.03. The lowest BCUT2D eigenvalue weighted by Gasteiger charge is -1.99. The van der Waals surface area contributed by atoms with E-state index < -0.39 is 0 Å². The van der Waals surface area contributed by atoms with Crippen molar-refractivity contribution in [1.82, 2.24) is 4.98 Å². The van der Waals surface area contributed by atoms with Crippen molar-refractivity contribution in [2.24, 2.45) is 0 Å². The summed E-state index contributed by atoms with van der Waals surface area (Å²) in [5.74, 6) is 0. The number of allylic oxidation sites excluding steroid dienone is 4. The lowest BCUT2D eigenvalue weighted by Crippen LogP contribution is -1.97. The second-order valence-corrected chi connectivity index (χ2v) is 4.85. The van der Waals surface area contributed by atoms with Crippen molar-refractivity contribution < 1.29 is 5.11 Å². The van der Waals surface area contributed by atoms with Crippen molar-refractivity contribution in [2.45, 2.75) is 51.6 Å². The highest BCUT2D eigenvalue weighted by atomic mass is 16.3. The van der Waals surface area contributed by atoms with Crippen molar-refractivity contribution in [2.75, 3.05) is 0 Å². The van der Waals surface area contributed by atoms with Crippen LogP contribution in [0.15, 0.2) is 48.7 Å². The molecule has 2 heteroatoms. The molecule has 0 aliphatic carbocycles. The molecule has 19 heavy (non-hydrogen) atoms. The van der Waals surface area contributed by atoms with Gasteiger partial charge in [0.1, 0.15) is 0 Å². The molecule has 1 aromatic rings. The maximum Gasteiger partial charge on any atom is 0.0512 e. The number of nitrogens with zero attached hydrogens (tertiary/aromatic N) is 1. The Hall–Kier alpha value is -1.41. The highest BCUT2D eigenvalue weighted by Gasteiger charge is 1.92. The van der Waals surface area contributed by atoms with Crippen LogP contribution < -0.4 is 0 Å². The number of aromatic nitrogens is 1. The van der Waals surface area contributed by atoms with Gasteiger partial charge in [-0.2, -0.15) is 0 Å². The van der Waals surface area contributed by atoms with Crippen LogP contribution in [0.1, 0.15) is 44.7 Å². The third kappa shape index (κ3) is 9.20. The van der Waals surface area contributed by atoms with Crippen molar-refractivity contribution in [3.05, 3.63) is 54.4 Å². The Morgan fingerprint density at radius 2 is 1.89 bits per heavy atom. The molecule has 1 rings (SSSR count). The van der Waals surface area contributed by atoms with Crippen LogP contribution in [0.3, 0.4) is 0 Å². The van der Waals surface area contributed by atoms with Crippen LogP contribution in [0.5, 0.6) is 0 Å². The van der Waals surface area contributed by atoms with Gasteiger partial charge in [0.2, 0.25) is 0 Å². The van der Waals surface area contributed by atoms with Crippen LogP contribution in [0.4, 0.5) is 0 Å². The Labute approximate surface area is 116 Å². The number of hydrogen-bond donors (Lipinski definition) is 1. The summed E-state index contributed by atoms with van der Waals surface area (Å²) in [6.07, 6.45) is 16.5. The molecule has 0 aromatic carbocycles. The molecule has 1 heterocycles. The van der Waals surface area contributed by atoms with Crippen LogP contribution >= 0.6 is 0 Å². The summed E-state index contributed by atoms with van der Waals surface area (Å²) >= 11 is 0. The molecule has 1 unspecified atom stereocenters. The van der Waals surface area contributed by atoms with Crippen molar-refractivity contribution in [1.29, 1.82) is 0 Å². The van der Waals surface area contributed by atoms with Crippen molar-refractivity contribution in [3.63, 3.8) is 0 Å². The fourth-order valence-corrected chi connectivity index (χ4v) is 1.83. The number of rotatable bonds is 9. The summed E-state index contributed by atoms with van der Waals surface area (Å²) in [5, 5.41) is 9.10. The Morgan fingerprint density at radius 3 is 2.53 bits per heavy atom. The Kier molecular flexibility index (Phi) is 8.65. The van der Waals surface area contributed by atoms with Gasteiger partial charge in [-0.1, -0.05) is 30.4 Å². The van der Waals surface area contributed by atoms with E-state index in [1.807, 2.05) is 25.3 Å². The molecule has 1 atom stereocenters. The lowest BCUT2D eigenvalue weighted by molar-refractivity contribution is 0.182. The number of unbranched alkanes of at least 4 members (excludes halogenated alkanes) is 2. The topological polar surface area (TPSA) is 33.1 Å². The summed E-state index contributed by atoms with van der Waals surface area (Å²) in [7, 11) is 0. The fraction of sp³-hybridized carbons (Fsp3) is 0.471. The maximum absolute atomic E-state index is 9.10. The zero-order valence-electron chi connectivity index (χ0n) is 11.8. The Balaban J connectivity index is 2.00. The van der Waals surface area contributed by atoms with Gasteiger partial charge in [0.15, 0.2) is 0 Å². The largest absolute Gasteiger partial charge is 0.393 e. The molecule has 0 radical (unpaired) electrons. The third-order valence-electron chi connectivity index (χ3n) is 2.91. The Morgan fingerprint density at radius 1 is 1.16 bits per heavy atom. The van der Waals surface area contributed by atoms with Gasteiger partial charge in [-0.3, -0.25) is 4.98 Å². The standard InChI is InChI=1S/C17H25NO/c1-16(19)12-8-6-4-2-3-5-7-9-13-17-14-10-11-15-18-17/h2-5,10-11,14-16,19H,6-9,12-13H2,1H3. The first-order valence-corrected chi connectivity index (χ1v) is 7.18. The van der Waals surface area contributed by atoms with Crippen molar-refractivity contribution in [3.8, 4) is 0 Å². The highest BCUT2D eigenvalue weighted by molar-refractivity contribution is 5.05. The lowest BCUT2D eigenvalue weighted by atomic mass is 10.1. The second-order valence-electron chi connectivity index (χ2n) is 4.85. The summed E-state index contributed by atoms with van der Waals surface area (Å²) in [4.78, 5) is 4.30. The normalized spacial score (nSPS) is 13.4. The maximum atomic E-state index is 9.10. The molecule has 2 nitrogen and oxygen atoms in total. The number of pyridine rings is 1. The molecule has 0 spiro atoms. The van der Waals surface area contributed by atoms with Gasteiger partial charge in [-0.05, 0) is 57.6 Å². The average Bonchev–Trinajstić information content (AvgIpc) is 2.42. The molecule has 0 bridgehead atoms. The number of aliphatic hydroxyl groups is 1. The fourth-order valence-electron chi connectivity index (χ4n) is 1.83. The SMILES string of the molecule is CC(O)CCCC=CC=CCCCc1ccccn1. The van der Waals surface area contributed by atoms with Crippen LogP contribution in [0.2, 0.25) is 0 Å². The van der Waals surface area contributed by atoms with Crippen LogP contribution in [0, 0.1) is 0 Å². The molecule has 1 N–H and O–H groups in total. The van der Waals surface area contributed by atoms with E-state index in [1.165, 1.54) is 5.69 Å². The third-order valence-corrected chi connectivity index (χ3v) is 2.91. The van der Waals surface area contributed by atoms with E-state index in [2.05, 4.69) is 35.4 Å². The summed E-state index contributed by atoms with van der Waals surface area (Å²) in [6.45, 7) is 1.84. The summed E-state index contributed by atoms with van der Waals surface area (Å²) < 4.78 is 0. The van der Waals surface area contributed by atoms with E-state index in [1.54, 1.807) is 0 Å². The van der Waals surface area contributed by atoms with Crippen molar-refractivity contribution >= 4 is 0 Å². The van der Waals surface area contributed by atoms with Gasteiger partial charge in [0.05, 0.1) is 6.10 Å². The second kappa shape index (κ2) is 10.5. The van der Waals surface area contributed by atoms with Crippen LogP contribution in [-0.2, 0) is 6.42 Å². The van der Waals surface area contributed by atoms with E-state index in [0.717, 1.165) is 38.5 Å². The molecule has 0 fully saturated rings. The van der Waals surface area contributed by atoms with E-state index in [-0.39, 0.29) is 6.10 Å². The predicted octanol–water partition coefficient (Wildman–Crippen LogP) is 4.07. The minimum Gasteiger partial charge on any atom is -0.393 e. The van der Waals surface area contributed by atoms with Gasteiger partial charge in [0.25, 0.3) is 0 Å². The minimum atomic E-state index is -0.171. The van der Waals surface area contributed by atoms with Crippen LogP contribution in [-0.4, -0.2) is 16.2 Å². The number of hydrogen-bond acceptors (Lipinski definition) is 2. The zero-order chi connectivity index (χ0) is 13.8. The molecule has 0 aliphatic heterocycles. The molecule has 0 saturated heterocycles. The summed E-state index contributed by atoms with van der Waals surface area (Å²) in [5.41, 5.74) is 1.17. The minimum absolute atomic E-state index is 0.171. The molecule has 104 valence electrons. The van der Waals surface area contributed by atoms with E-state index >= 15 is 0 Å². The van der Waals surface area contributed by atoms with Gasteiger partial charge < -0.3 is 5.11 Å². The Bertz CT molecular complexity index is 368. The smallest absolute Gasteiger partial charge is 0.0512 e. The van der Waals surface area contributed by atoms with Gasteiger partial charge in [-0.25, -0.2) is 0 Å². The molecular formula is C17H25NO. The van der Waals surface area contributed by atoms with E-state index in [9.17, 15) is 0 Å². The number of aryl methyl sites for hydroxylation is 1. The average molecular weight is 259 g/mol. The summed E-state index contributed by atoms with van der Waals surface area (Å²) in [6, 6.07) is 6.06. The van der Waals surface area contributed by atoms with E-state index in [0.29, 0.717) is 0 Å². The first kappa shape index (κ1) is 15.6. The van der Waals surface area contributed by atoms with Crippen LogP contribution in [0.25, 0.3) is 0 Å². The molecule has 0 saturated carbocycles. The van der Waals surface area contributed by atoms with Gasteiger partial charge >= 0.3 is 0 Å². The monoisotopic (exact) mass is 259 g/mol. The molecule has 0 amide bonds. The molecular weight excluding hydrogens is 234 g/mol.